The van der Waals surface area contributed by atoms with E-state index in [2.05, 4.69) is 15.9 Å². The SMILES string of the molecule is O=P(Cl)(Cl)C(Cl)(Cl)CC(Cl)Br. The average molecular weight is 343 g/mol. The molecule has 0 bridgehead atoms. The van der Waals surface area contributed by atoms with Gasteiger partial charge in [-0.2, -0.15) is 0 Å². The van der Waals surface area contributed by atoms with Crippen molar-refractivity contribution in [3.63, 3.8) is 0 Å². The molecule has 0 fully saturated rings. The molecule has 0 N–H and O–H groups in total. The Kier molecular flexibility index (Phi) is 5.49. The maximum atomic E-state index is 11.0. The van der Waals surface area contributed by atoms with E-state index in [0.29, 0.717) is 0 Å². The number of hydrogen-bond acceptors (Lipinski definition) is 1. The van der Waals surface area contributed by atoms with Gasteiger partial charge in [0.2, 0.25) is 0 Å². The maximum Gasteiger partial charge on any atom is 0.287 e. The summed E-state index contributed by atoms with van der Waals surface area (Å²) in [6.07, 6.45) is 0.00193. The van der Waals surface area contributed by atoms with E-state index in [1.165, 1.54) is 0 Å². The summed E-state index contributed by atoms with van der Waals surface area (Å²) in [5.74, 6) is -3.56. The second-order valence-electron chi connectivity index (χ2n) is 1.72. The standard InChI is InChI=1S/C3H3BrCl5OP/c4-2(5)1-3(6,7)11(8,9)10/h2H,1H2. The van der Waals surface area contributed by atoms with E-state index in [0.717, 1.165) is 0 Å². The molecular formula is C3H3BrCl5OP. The minimum Gasteiger partial charge on any atom is -0.286 e. The highest BCUT2D eigenvalue weighted by Gasteiger charge is 2.43. The predicted octanol–water partition coefficient (Wildman–Crippen LogP) is 5.14. The van der Waals surface area contributed by atoms with E-state index in [9.17, 15) is 4.57 Å². The molecule has 0 aliphatic carbocycles. The van der Waals surface area contributed by atoms with Crippen molar-refractivity contribution in [2.24, 2.45) is 0 Å². The summed E-state index contributed by atoms with van der Waals surface area (Å²) in [6, 6.07) is 0. The Morgan fingerprint density at radius 1 is 1.45 bits per heavy atom. The molecule has 1 unspecified atom stereocenters. The van der Waals surface area contributed by atoms with E-state index in [1.807, 2.05) is 0 Å². The number of hydrogen-bond donors (Lipinski definition) is 0. The molecule has 0 aromatic heterocycles. The van der Waals surface area contributed by atoms with E-state index in [1.54, 1.807) is 0 Å². The normalized spacial score (nSPS) is 16.5. The fourth-order valence-corrected chi connectivity index (χ4v) is 3.02. The van der Waals surface area contributed by atoms with E-state index < -0.39 is 14.2 Å². The summed E-state index contributed by atoms with van der Waals surface area (Å²) in [5, 5.41) is 0. The van der Waals surface area contributed by atoms with Gasteiger partial charge in [-0.3, -0.25) is 4.57 Å². The molecule has 0 rings (SSSR count). The fourth-order valence-electron chi connectivity index (χ4n) is 0.292. The molecule has 1 nitrogen and oxygen atoms in total. The highest BCUT2D eigenvalue weighted by atomic mass is 79.9. The van der Waals surface area contributed by atoms with Crippen LogP contribution < -0.4 is 0 Å². The van der Waals surface area contributed by atoms with Crippen LogP contribution in [0.3, 0.4) is 0 Å². The van der Waals surface area contributed by atoms with Crippen molar-refractivity contribution in [1.29, 1.82) is 0 Å². The fraction of sp³-hybridized carbons (Fsp3) is 1.00. The van der Waals surface area contributed by atoms with Crippen LogP contribution in [0.15, 0.2) is 0 Å². The Morgan fingerprint density at radius 3 is 1.91 bits per heavy atom. The van der Waals surface area contributed by atoms with Crippen molar-refractivity contribution in [2.75, 3.05) is 0 Å². The van der Waals surface area contributed by atoms with Crippen molar-refractivity contribution in [3.8, 4) is 0 Å². The van der Waals surface area contributed by atoms with Crippen molar-refractivity contribution >= 4 is 79.1 Å². The van der Waals surface area contributed by atoms with Gasteiger partial charge < -0.3 is 0 Å². The minimum atomic E-state index is -3.56. The van der Waals surface area contributed by atoms with Crippen LogP contribution in [0.25, 0.3) is 0 Å². The van der Waals surface area contributed by atoms with Crippen LogP contribution in [-0.2, 0) is 4.57 Å². The van der Waals surface area contributed by atoms with E-state index >= 15 is 0 Å². The molecule has 8 heteroatoms. The summed E-state index contributed by atoms with van der Waals surface area (Å²) in [4.78, 5) is 0. The van der Waals surface area contributed by atoms with E-state index in [4.69, 9.17) is 57.3 Å². The van der Waals surface area contributed by atoms with Gasteiger partial charge in [0.25, 0.3) is 5.85 Å². The first-order chi connectivity index (χ1) is 4.67. The smallest absolute Gasteiger partial charge is 0.286 e. The van der Waals surface area contributed by atoms with Gasteiger partial charge in [0.1, 0.15) is 0 Å². The third-order valence-electron chi connectivity index (χ3n) is 0.781. The zero-order valence-corrected chi connectivity index (χ0v) is 11.2. The van der Waals surface area contributed by atoms with Crippen LogP contribution in [0.5, 0.6) is 0 Å². The minimum absolute atomic E-state index is 0.00193. The van der Waals surface area contributed by atoms with E-state index in [-0.39, 0.29) is 6.42 Å². The number of rotatable bonds is 3. The molecule has 0 aromatic carbocycles. The molecule has 11 heavy (non-hydrogen) atoms. The van der Waals surface area contributed by atoms with Crippen molar-refractivity contribution in [2.45, 2.75) is 14.8 Å². The van der Waals surface area contributed by atoms with Crippen molar-refractivity contribution in [3.05, 3.63) is 0 Å². The molecule has 1 atom stereocenters. The van der Waals surface area contributed by atoms with Gasteiger partial charge in [-0.25, -0.2) is 0 Å². The Hall–Kier alpha value is 2.16. The highest BCUT2D eigenvalue weighted by Crippen LogP contribution is 2.72. The molecule has 0 aliphatic heterocycles. The maximum absolute atomic E-state index is 11.0. The lowest BCUT2D eigenvalue weighted by atomic mass is 10.6. The van der Waals surface area contributed by atoms with Crippen LogP contribution >= 0.6 is 79.1 Å². The third-order valence-corrected chi connectivity index (χ3v) is 6.71. The third kappa shape index (κ3) is 4.81. The number of halogens is 6. The molecule has 0 radical (unpaired) electrons. The molecule has 0 amide bonds. The Labute approximate surface area is 97.7 Å². The lowest BCUT2D eigenvalue weighted by Gasteiger charge is -2.20. The average Bonchev–Trinajstić information content (AvgIpc) is 1.56. The molecule has 0 spiro atoms. The highest BCUT2D eigenvalue weighted by molar-refractivity contribution is 9.10. The van der Waals surface area contributed by atoms with Crippen LogP contribution in [0.1, 0.15) is 6.42 Å². The molecule has 68 valence electrons. The van der Waals surface area contributed by atoms with Gasteiger partial charge in [-0.15, -0.1) is 11.6 Å². The zero-order valence-electron chi connectivity index (χ0n) is 4.91. The Bertz CT molecular complexity index is 177. The lowest BCUT2D eigenvalue weighted by molar-refractivity contribution is 0.586. The van der Waals surface area contributed by atoms with Crippen LogP contribution in [0.4, 0.5) is 0 Å². The zero-order chi connectivity index (χ0) is 9.28. The lowest BCUT2D eigenvalue weighted by Crippen LogP contribution is -2.11. The summed E-state index contributed by atoms with van der Waals surface area (Å²) >= 11 is 30.0. The quantitative estimate of drug-likeness (QED) is 0.512. The second kappa shape index (κ2) is 4.59. The van der Waals surface area contributed by atoms with Gasteiger partial charge >= 0.3 is 0 Å². The topological polar surface area (TPSA) is 17.1 Å². The molecule has 0 saturated heterocycles. The summed E-state index contributed by atoms with van der Waals surface area (Å²) in [7, 11) is 0. The van der Waals surface area contributed by atoms with Crippen LogP contribution in [0.2, 0.25) is 0 Å². The summed E-state index contributed by atoms with van der Waals surface area (Å²) in [5.41, 5.74) is 0. The van der Waals surface area contributed by atoms with Crippen molar-refractivity contribution in [1.82, 2.24) is 0 Å². The molecular weight excluding hydrogens is 340 g/mol. The van der Waals surface area contributed by atoms with Crippen molar-refractivity contribution < 1.29 is 4.57 Å². The predicted molar refractivity (Wildman–Crippen MR) is 56.9 cm³/mol. The van der Waals surface area contributed by atoms with Gasteiger partial charge in [-0.1, -0.05) is 39.1 Å². The molecule has 0 aromatic rings. The first-order valence-electron chi connectivity index (χ1n) is 2.32. The molecule has 0 saturated carbocycles. The van der Waals surface area contributed by atoms with Gasteiger partial charge in [0.15, 0.2) is 4.07 Å². The summed E-state index contributed by atoms with van der Waals surface area (Å²) < 4.78 is 8.76. The number of alkyl halides is 4. The first-order valence-corrected chi connectivity index (χ1v) is 7.95. The molecule has 0 heterocycles. The largest absolute Gasteiger partial charge is 0.287 e. The Morgan fingerprint density at radius 2 is 1.82 bits per heavy atom. The first kappa shape index (κ1) is 13.2. The monoisotopic (exact) mass is 340 g/mol. The van der Waals surface area contributed by atoms with Crippen LogP contribution in [0, 0.1) is 0 Å². The Balaban J connectivity index is 4.35. The molecule has 0 aliphatic rings. The summed E-state index contributed by atoms with van der Waals surface area (Å²) in [6.45, 7) is 0. The van der Waals surface area contributed by atoms with Gasteiger partial charge in [0.05, 0.1) is 4.29 Å². The van der Waals surface area contributed by atoms with Crippen LogP contribution in [-0.4, -0.2) is 8.36 Å². The van der Waals surface area contributed by atoms with Gasteiger partial charge in [-0.05, 0) is 22.5 Å². The van der Waals surface area contributed by atoms with Gasteiger partial charge in [0, 0.05) is 6.42 Å². The second-order valence-corrected chi connectivity index (χ2v) is 11.0.